The van der Waals surface area contributed by atoms with Crippen LogP contribution in [0, 0.1) is 0 Å². The second-order valence-corrected chi connectivity index (χ2v) is 3.90. The zero-order valence-electron chi connectivity index (χ0n) is 9.29. The standard InChI is InChI=1S/C12H18ClNO/c1-3-12(14-8-9-15-2)10-4-6-11(13)7-5-10/h4-7,12,14H,3,8-9H2,1-2H3. The van der Waals surface area contributed by atoms with Crippen LogP contribution < -0.4 is 5.32 Å². The molecule has 1 atom stereocenters. The molecule has 3 heteroatoms. The average molecular weight is 228 g/mol. The zero-order valence-corrected chi connectivity index (χ0v) is 10.1. The van der Waals surface area contributed by atoms with E-state index >= 15 is 0 Å². The fourth-order valence-corrected chi connectivity index (χ4v) is 1.65. The fraction of sp³-hybridized carbons (Fsp3) is 0.500. The quantitative estimate of drug-likeness (QED) is 0.755. The predicted molar refractivity (Wildman–Crippen MR) is 64.4 cm³/mol. The van der Waals surface area contributed by atoms with E-state index in [9.17, 15) is 0 Å². The number of benzene rings is 1. The molecule has 0 saturated carbocycles. The Bertz CT molecular complexity index is 273. The van der Waals surface area contributed by atoms with Crippen molar-refractivity contribution in [3.05, 3.63) is 34.9 Å². The van der Waals surface area contributed by atoms with Crippen LogP contribution in [0.4, 0.5) is 0 Å². The summed E-state index contributed by atoms with van der Waals surface area (Å²) in [6.45, 7) is 3.78. The minimum absolute atomic E-state index is 0.386. The molecule has 0 bridgehead atoms. The number of rotatable bonds is 6. The molecule has 0 spiro atoms. The Morgan fingerprint density at radius 3 is 2.53 bits per heavy atom. The van der Waals surface area contributed by atoms with Crippen molar-refractivity contribution < 1.29 is 4.74 Å². The van der Waals surface area contributed by atoms with Crippen molar-refractivity contribution in [2.75, 3.05) is 20.3 Å². The van der Waals surface area contributed by atoms with Crippen LogP contribution >= 0.6 is 11.6 Å². The van der Waals surface area contributed by atoms with Gasteiger partial charge in [-0.3, -0.25) is 0 Å². The van der Waals surface area contributed by atoms with Crippen molar-refractivity contribution in [3.8, 4) is 0 Å². The van der Waals surface area contributed by atoms with Crippen LogP contribution in [0.5, 0.6) is 0 Å². The third-order valence-electron chi connectivity index (χ3n) is 2.38. The molecule has 2 nitrogen and oxygen atoms in total. The SMILES string of the molecule is CCC(NCCOC)c1ccc(Cl)cc1. The van der Waals surface area contributed by atoms with E-state index in [4.69, 9.17) is 16.3 Å². The van der Waals surface area contributed by atoms with Gasteiger partial charge in [0.05, 0.1) is 6.61 Å². The van der Waals surface area contributed by atoms with Gasteiger partial charge in [-0.1, -0.05) is 30.7 Å². The summed E-state index contributed by atoms with van der Waals surface area (Å²) in [5.74, 6) is 0. The van der Waals surface area contributed by atoms with Crippen LogP contribution in [0.3, 0.4) is 0 Å². The molecule has 15 heavy (non-hydrogen) atoms. The number of ether oxygens (including phenoxy) is 1. The summed E-state index contributed by atoms with van der Waals surface area (Å²) in [7, 11) is 1.71. The fourth-order valence-electron chi connectivity index (χ4n) is 1.53. The molecule has 0 aliphatic heterocycles. The van der Waals surface area contributed by atoms with Gasteiger partial charge >= 0.3 is 0 Å². The van der Waals surface area contributed by atoms with Gasteiger partial charge in [0.25, 0.3) is 0 Å². The summed E-state index contributed by atoms with van der Waals surface area (Å²) in [6.07, 6.45) is 1.06. The third-order valence-corrected chi connectivity index (χ3v) is 2.63. The first-order valence-corrected chi connectivity index (χ1v) is 5.63. The van der Waals surface area contributed by atoms with Crippen LogP contribution in [0.15, 0.2) is 24.3 Å². The number of halogens is 1. The summed E-state index contributed by atoms with van der Waals surface area (Å²) < 4.78 is 5.01. The maximum atomic E-state index is 5.85. The summed E-state index contributed by atoms with van der Waals surface area (Å²) >= 11 is 5.85. The maximum Gasteiger partial charge on any atom is 0.0587 e. The topological polar surface area (TPSA) is 21.3 Å². The van der Waals surface area contributed by atoms with Gasteiger partial charge in [0, 0.05) is 24.7 Å². The largest absolute Gasteiger partial charge is 0.383 e. The van der Waals surface area contributed by atoms with Gasteiger partial charge in [0.1, 0.15) is 0 Å². The van der Waals surface area contributed by atoms with Crippen molar-refractivity contribution in [3.63, 3.8) is 0 Å². The summed E-state index contributed by atoms with van der Waals surface area (Å²) in [6, 6.07) is 8.37. The lowest BCUT2D eigenvalue weighted by Gasteiger charge is -2.17. The van der Waals surface area contributed by atoms with Gasteiger partial charge in [0.15, 0.2) is 0 Å². The van der Waals surface area contributed by atoms with Crippen LogP contribution in [0.1, 0.15) is 24.9 Å². The highest BCUT2D eigenvalue weighted by molar-refractivity contribution is 6.30. The first-order chi connectivity index (χ1) is 7.27. The van der Waals surface area contributed by atoms with Gasteiger partial charge in [-0.15, -0.1) is 0 Å². The van der Waals surface area contributed by atoms with Crippen molar-refractivity contribution in [1.29, 1.82) is 0 Å². The molecule has 1 N–H and O–H groups in total. The van der Waals surface area contributed by atoms with E-state index in [1.54, 1.807) is 7.11 Å². The molecule has 1 unspecified atom stereocenters. The highest BCUT2D eigenvalue weighted by Crippen LogP contribution is 2.18. The van der Waals surface area contributed by atoms with E-state index in [1.165, 1.54) is 5.56 Å². The Labute approximate surface area is 96.6 Å². The van der Waals surface area contributed by atoms with Gasteiger partial charge in [0.2, 0.25) is 0 Å². The van der Waals surface area contributed by atoms with Crippen molar-refractivity contribution in [1.82, 2.24) is 5.32 Å². The van der Waals surface area contributed by atoms with Crippen molar-refractivity contribution >= 4 is 11.6 Å². The molecular formula is C12H18ClNO. The van der Waals surface area contributed by atoms with Crippen LogP contribution in [0.2, 0.25) is 5.02 Å². The van der Waals surface area contributed by atoms with E-state index in [0.717, 1.165) is 24.6 Å². The van der Waals surface area contributed by atoms with E-state index in [2.05, 4.69) is 24.4 Å². The van der Waals surface area contributed by atoms with Crippen LogP contribution in [-0.4, -0.2) is 20.3 Å². The monoisotopic (exact) mass is 227 g/mol. The first-order valence-electron chi connectivity index (χ1n) is 5.25. The van der Waals surface area contributed by atoms with Gasteiger partial charge in [-0.25, -0.2) is 0 Å². The smallest absolute Gasteiger partial charge is 0.0587 e. The molecule has 0 aliphatic carbocycles. The molecule has 84 valence electrons. The average Bonchev–Trinajstić information content (AvgIpc) is 2.26. The summed E-state index contributed by atoms with van der Waals surface area (Å²) in [5, 5.41) is 4.22. The minimum Gasteiger partial charge on any atom is -0.383 e. The van der Waals surface area contributed by atoms with E-state index < -0.39 is 0 Å². The second-order valence-electron chi connectivity index (χ2n) is 3.46. The zero-order chi connectivity index (χ0) is 11.1. The van der Waals surface area contributed by atoms with Gasteiger partial charge < -0.3 is 10.1 Å². The Hall–Kier alpha value is -0.570. The third kappa shape index (κ3) is 4.20. The maximum absolute atomic E-state index is 5.85. The lowest BCUT2D eigenvalue weighted by Crippen LogP contribution is -2.24. The number of hydrogen-bond donors (Lipinski definition) is 1. The normalized spacial score (nSPS) is 12.7. The predicted octanol–water partition coefficient (Wildman–Crippen LogP) is 3.03. The molecule has 1 aromatic rings. The molecule has 0 amide bonds. The lowest BCUT2D eigenvalue weighted by molar-refractivity contribution is 0.195. The molecule has 1 rings (SSSR count). The molecule has 0 fully saturated rings. The first kappa shape index (κ1) is 12.5. The number of hydrogen-bond acceptors (Lipinski definition) is 2. The van der Waals surface area contributed by atoms with Gasteiger partial charge in [-0.05, 0) is 24.1 Å². The van der Waals surface area contributed by atoms with Crippen LogP contribution in [-0.2, 0) is 4.74 Å². The highest BCUT2D eigenvalue weighted by Gasteiger charge is 2.07. The number of nitrogens with one attached hydrogen (secondary N) is 1. The Morgan fingerprint density at radius 1 is 1.33 bits per heavy atom. The lowest BCUT2D eigenvalue weighted by atomic mass is 10.0. The van der Waals surface area contributed by atoms with E-state index in [1.807, 2.05) is 12.1 Å². The van der Waals surface area contributed by atoms with Crippen molar-refractivity contribution in [2.24, 2.45) is 0 Å². The van der Waals surface area contributed by atoms with Gasteiger partial charge in [-0.2, -0.15) is 0 Å². The van der Waals surface area contributed by atoms with Crippen LogP contribution in [0.25, 0.3) is 0 Å². The highest BCUT2D eigenvalue weighted by atomic mass is 35.5. The Balaban J connectivity index is 2.53. The summed E-state index contributed by atoms with van der Waals surface area (Å²) in [4.78, 5) is 0. The van der Waals surface area contributed by atoms with Crippen molar-refractivity contribution in [2.45, 2.75) is 19.4 Å². The van der Waals surface area contributed by atoms with E-state index in [0.29, 0.717) is 6.04 Å². The number of methoxy groups -OCH3 is 1. The Kier molecular flexibility index (Phi) is 5.69. The molecule has 1 aromatic carbocycles. The molecule has 0 radical (unpaired) electrons. The molecular weight excluding hydrogens is 210 g/mol. The minimum atomic E-state index is 0.386. The Morgan fingerprint density at radius 2 is 2.00 bits per heavy atom. The second kappa shape index (κ2) is 6.83. The molecule has 0 saturated heterocycles. The molecule has 0 heterocycles. The molecule has 0 aliphatic rings. The van der Waals surface area contributed by atoms with E-state index in [-0.39, 0.29) is 0 Å². The molecule has 0 aromatic heterocycles. The summed E-state index contributed by atoms with van der Waals surface area (Å²) in [5.41, 5.74) is 1.28.